The number of benzene rings is 2. The van der Waals surface area contributed by atoms with E-state index in [-0.39, 0.29) is 41.6 Å². The predicted octanol–water partition coefficient (Wildman–Crippen LogP) is 4.11. The van der Waals surface area contributed by atoms with Gasteiger partial charge in [0.2, 0.25) is 11.8 Å². The fourth-order valence-electron chi connectivity index (χ4n) is 4.28. The molecule has 5 rings (SSSR count). The fraction of sp³-hybridized carbons (Fsp3) is 0.318. The van der Waals surface area contributed by atoms with E-state index in [4.69, 9.17) is 20.8 Å². The van der Waals surface area contributed by atoms with Crippen LogP contribution in [0.3, 0.4) is 0 Å². The number of nitrogens with one attached hydrogen (secondary N) is 2. The molecular formula is C22H18ClF3N4O3. The normalized spacial score (nSPS) is 24.0. The van der Waals surface area contributed by atoms with Crippen LogP contribution in [0.2, 0.25) is 5.02 Å². The molecule has 4 atom stereocenters. The second-order valence-corrected chi connectivity index (χ2v) is 8.47. The summed E-state index contributed by atoms with van der Waals surface area (Å²) < 4.78 is 53.9. The molecule has 1 amide bonds. The van der Waals surface area contributed by atoms with Crippen LogP contribution in [-0.4, -0.2) is 35.8 Å². The minimum absolute atomic E-state index is 0.0260. The van der Waals surface area contributed by atoms with E-state index in [2.05, 4.69) is 20.8 Å². The number of halogens is 4. The van der Waals surface area contributed by atoms with Gasteiger partial charge in [0.15, 0.2) is 0 Å². The third kappa shape index (κ3) is 3.99. The maximum absolute atomic E-state index is 14.6. The molecule has 1 aliphatic heterocycles. The molecule has 3 unspecified atom stereocenters. The molecule has 1 aromatic heterocycles. The quantitative estimate of drug-likeness (QED) is 0.554. The molecule has 3 aromatic rings. The van der Waals surface area contributed by atoms with Crippen molar-refractivity contribution in [3.05, 3.63) is 69.8 Å². The standard InChI is InChI=1S/C22H18ClF3N4O3/c1-32-10-5-16(25)18(17(26)6-10)14-8-27-20(31)19(14)28-22-30-29-21(33-22)13-7-12(13)11-3-2-9(23)4-15(11)24/h2-6,12-14,19H,7-8H2,1H3,(H,27,31)(H,28,30)/t12?,13?,14?,19-/m1/s1. The van der Waals surface area contributed by atoms with Gasteiger partial charge in [0, 0.05) is 41.1 Å². The number of aromatic nitrogens is 2. The Bertz CT molecular complexity index is 1210. The van der Waals surface area contributed by atoms with E-state index in [9.17, 15) is 18.0 Å². The van der Waals surface area contributed by atoms with Crippen molar-refractivity contribution in [3.63, 3.8) is 0 Å². The van der Waals surface area contributed by atoms with Crippen molar-refractivity contribution in [1.82, 2.24) is 15.5 Å². The first kappa shape index (κ1) is 21.6. The lowest BCUT2D eigenvalue weighted by molar-refractivity contribution is -0.119. The van der Waals surface area contributed by atoms with Crippen LogP contribution >= 0.6 is 11.6 Å². The summed E-state index contributed by atoms with van der Waals surface area (Å²) in [6.07, 6.45) is 0.620. The van der Waals surface area contributed by atoms with Crippen LogP contribution in [0, 0.1) is 17.5 Å². The average Bonchev–Trinajstić information content (AvgIpc) is 3.28. The van der Waals surface area contributed by atoms with Gasteiger partial charge in [-0.2, -0.15) is 0 Å². The highest BCUT2D eigenvalue weighted by atomic mass is 35.5. The lowest BCUT2D eigenvalue weighted by Gasteiger charge is -2.19. The van der Waals surface area contributed by atoms with E-state index in [1.54, 1.807) is 12.1 Å². The highest BCUT2D eigenvalue weighted by molar-refractivity contribution is 6.30. The minimum Gasteiger partial charge on any atom is -0.497 e. The summed E-state index contributed by atoms with van der Waals surface area (Å²) in [7, 11) is 1.30. The van der Waals surface area contributed by atoms with Crippen LogP contribution in [0.1, 0.15) is 41.2 Å². The topological polar surface area (TPSA) is 89.3 Å². The summed E-state index contributed by atoms with van der Waals surface area (Å²) in [5, 5.41) is 13.6. The summed E-state index contributed by atoms with van der Waals surface area (Å²) in [6, 6.07) is 5.53. The van der Waals surface area contributed by atoms with Gasteiger partial charge in [-0.15, -0.1) is 5.10 Å². The van der Waals surface area contributed by atoms with Crippen molar-refractivity contribution in [2.75, 3.05) is 19.0 Å². The first-order chi connectivity index (χ1) is 15.9. The average molecular weight is 479 g/mol. The molecule has 0 bridgehead atoms. The maximum Gasteiger partial charge on any atom is 0.316 e. The number of anilines is 1. The van der Waals surface area contributed by atoms with Crippen molar-refractivity contribution in [3.8, 4) is 5.75 Å². The zero-order valence-corrected chi connectivity index (χ0v) is 18.0. The van der Waals surface area contributed by atoms with E-state index in [1.165, 1.54) is 13.2 Å². The van der Waals surface area contributed by atoms with Crippen molar-refractivity contribution in [2.45, 2.75) is 30.2 Å². The van der Waals surface area contributed by atoms with Crippen LogP contribution in [0.4, 0.5) is 19.2 Å². The van der Waals surface area contributed by atoms with Crippen molar-refractivity contribution >= 4 is 23.5 Å². The molecule has 2 N–H and O–H groups in total. The van der Waals surface area contributed by atoms with Gasteiger partial charge in [-0.3, -0.25) is 4.79 Å². The molecule has 7 nitrogen and oxygen atoms in total. The Morgan fingerprint density at radius 1 is 1.09 bits per heavy atom. The van der Waals surface area contributed by atoms with Crippen molar-refractivity contribution in [1.29, 1.82) is 0 Å². The van der Waals surface area contributed by atoms with Gasteiger partial charge in [-0.25, -0.2) is 13.2 Å². The molecule has 0 spiro atoms. The Morgan fingerprint density at radius 3 is 2.55 bits per heavy atom. The Kier molecular flexibility index (Phi) is 5.40. The monoisotopic (exact) mass is 478 g/mol. The van der Waals surface area contributed by atoms with Gasteiger partial charge in [0.25, 0.3) is 0 Å². The van der Waals surface area contributed by atoms with Crippen LogP contribution in [-0.2, 0) is 4.79 Å². The Morgan fingerprint density at radius 2 is 1.85 bits per heavy atom. The molecule has 0 radical (unpaired) electrons. The summed E-state index contributed by atoms with van der Waals surface area (Å²) in [5.41, 5.74) is 0.268. The predicted molar refractivity (Wildman–Crippen MR) is 112 cm³/mol. The molecule has 33 heavy (non-hydrogen) atoms. The second kappa shape index (κ2) is 8.26. The summed E-state index contributed by atoms with van der Waals surface area (Å²) in [4.78, 5) is 12.4. The first-order valence-corrected chi connectivity index (χ1v) is 10.6. The Balaban J connectivity index is 1.33. The number of amides is 1. The molecule has 1 saturated heterocycles. The number of carbonyl (C=O) groups is 1. The number of nitrogens with zero attached hydrogens (tertiary/aromatic N) is 2. The molecule has 172 valence electrons. The lowest BCUT2D eigenvalue weighted by atomic mass is 9.93. The largest absolute Gasteiger partial charge is 0.497 e. The molecule has 1 aliphatic carbocycles. The number of hydrogen-bond acceptors (Lipinski definition) is 6. The van der Waals surface area contributed by atoms with Crippen LogP contribution in [0.25, 0.3) is 0 Å². The first-order valence-electron chi connectivity index (χ1n) is 10.2. The van der Waals surface area contributed by atoms with Gasteiger partial charge in [-0.05, 0) is 30.0 Å². The third-order valence-corrected chi connectivity index (χ3v) is 6.26. The summed E-state index contributed by atoms with van der Waals surface area (Å²) in [5.74, 6) is -3.33. The smallest absolute Gasteiger partial charge is 0.316 e. The van der Waals surface area contributed by atoms with E-state index in [0.29, 0.717) is 17.0 Å². The van der Waals surface area contributed by atoms with Gasteiger partial charge in [0.05, 0.1) is 7.11 Å². The number of methoxy groups -OCH3 is 1. The van der Waals surface area contributed by atoms with E-state index in [1.807, 2.05) is 0 Å². The SMILES string of the molecule is COc1cc(F)c(C2CNC(=O)[C@@H]2Nc2nnc(C3CC3c3ccc(Cl)cc3F)o2)c(F)c1. The van der Waals surface area contributed by atoms with E-state index < -0.39 is 35.3 Å². The van der Waals surface area contributed by atoms with E-state index in [0.717, 1.165) is 12.1 Å². The number of rotatable bonds is 6. The highest BCUT2D eigenvalue weighted by Crippen LogP contribution is 2.55. The van der Waals surface area contributed by atoms with Gasteiger partial charge >= 0.3 is 6.01 Å². The van der Waals surface area contributed by atoms with Gasteiger partial charge < -0.3 is 19.8 Å². The Labute approximate surface area is 191 Å². The second-order valence-electron chi connectivity index (χ2n) is 8.04. The minimum atomic E-state index is -1.03. The van der Waals surface area contributed by atoms with Crippen LogP contribution in [0.5, 0.6) is 5.75 Å². The number of ether oxygens (including phenoxy) is 1. The zero-order valence-electron chi connectivity index (χ0n) is 17.2. The molecule has 2 aliphatic rings. The van der Waals surface area contributed by atoms with Crippen molar-refractivity contribution < 1.29 is 27.1 Å². The highest BCUT2D eigenvalue weighted by Gasteiger charge is 2.45. The molecular weight excluding hydrogens is 461 g/mol. The zero-order chi connectivity index (χ0) is 23.3. The van der Waals surface area contributed by atoms with Crippen LogP contribution in [0.15, 0.2) is 34.7 Å². The van der Waals surface area contributed by atoms with Gasteiger partial charge in [0.1, 0.15) is 29.2 Å². The maximum atomic E-state index is 14.6. The third-order valence-electron chi connectivity index (χ3n) is 6.03. The lowest BCUT2D eigenvalue weighted by Crippen LogP contribution is -2.33. The molecule has 2 heterocycles. The van der Waals surface area contributed by atoms with E-state index >= 15 is 0 Å². The van der Waals surface area contributed by atoms with Gasteiger partial charge in [-0.1, -0.05) is 22.8 Å². The number of carbonyl (C=O) groups excluding carboxylic acids is 1. The fourth-order valence-corrected chi connectivity index (χ4v) is 4.44. The summed E-state index contributed by atoms with van der Waals surface area (Å²) in [6.45, 7) is 0.0260. The molecule has 2 aromatic carbocycles. The molecule has 11 heteroatoms. The number of hydrogen-bond donors (Lipinski definition) is 2. The molecule has 2 fully saturated rings. The Hall–Kier alpha value is -3.27. The molecule has 1 saturated carbocycles. The van der Waals surface area contributed by atoms with Crippen molar-refractivity contribution in [2.24, 2.45) is 0 Å². The summed E-state index contributed by atoms with van der Waals surface area (Å²) >= 11 is 5.81. The van der Waals surface area contributed by atoms with Crippen LogP contribution < -0.4 is 15.4 Å².